The summed E-state index contributed by atoms with van der Waals surface area (Å²) in [4.78, 5) is 3.12. The van der Waals surface area contributed by atoms with Crippen LogP contribution in [-0.4, -0.2) is 15.8 Å². The predicted molar refractivity (Wildman–Crippen MR) is 563 cm³/mol. The number of para-hydroxylation sites is 2. The molecule has 0 spiro atoms. The Morgan fingerprint density at radius 3 is 0.907 bits per heavy atom. The Labute approximate surface area is 815 Å². The molecule has 18 rings (SSSR count). The van der Waals surface area contributed by atoms with Gasteiger partial charge in [-0.2, -0.15) is 0 Å². The highest BCUT2D eigenvalue weighted by Crippen LogP contribution is 2.58. The number of nitrogens with zero attached hydrogens (tertiary/aromatic N) is 4. The Balaban J connectivity index is 1.26. The van der Waals surface area contributed by atoms with E-state index in [1.165, 1.54) is 33.7 Å². The van der Waals surface area contributed by atoms with E-state index in [9.17, 15) is 41.1 Å². The summed E-state index contributed by atoms with van der Waals surface area (Å²) in [7, 11) is 0. The van der Waals surface area contributed by atoms with Gasteiger partial charge in [0.2, 0.25) is 0 Å². The minimum Gasteiger partial charge on any atom is -0.310 e. The fourth-order valence-electron chi connectivity index (χ4n) is 17.5. The van der Waals surface area contributed by atoms with Crippen molar-refractivity contribution in [3.8, 4) is 67.0 Å². The number of rotatable bonds is 9. The van der Waals surface area contributed by atoms with Crippen molar-refractivity contribution in [3.05, 3.63) is 328 Å². The molecule has 0 radical (unpaired) electrons. The van der Waals surface area contributed by atoms with Gasteiger partial charge in [0.15, 0.2) is 0 Å². The quantitative estimate of drug-likeness (QED) is 0.134. The van der Waals surface area contributed by atoms with Crippen LogP contribution in [0.25, 0.3) is 111 Å². The van der Waals surface area contributed by atoms with Crippen LogP contribution in [0.1, 0.15) is 306 Å². The van der Waals surface area contributed by atoms with Crippen molar-refractivity contribution in [2.45, 2.75) is 262 Å². The smallest absolute Gasteiger partial charge is 0.252 e. The van der Waals surface area contributed by atoms with Crippen LogP contribution in [0.3, 0.4) is 0 Å². The van der Waals surface area contributed by atoms with Gasteiger partial charge in [0.25, 0.3) is 6.71 Å². The molecule has 4 nitrogen and oxygen atoms in total. The Bertz CT molecular complexity index is 8870. The molecule has 129 heavy (non-hydrogen) atoms. The molecular formula is C124H135BN4. The van der Waals surface area contributed by atoms with Gasteiger partial charge in [0.1, 0.15) is 0 Å². The molecule has 0 saturated carbocycles. The fourth-order valence-corrected chi connectivity index (χ4v) is 17.5. The maximum atomic E-state index is 12.0. The first-order valence-corrected chi connectivity index (χ1v) is 44.9. The molecule has 0 amide bonds. The highest BCUT2D eigenvalue weighted by molar-refractivity contribution is 7.00. The standard InChI is InChI=1S/C124H135BN4/c1-115(2,3)82-49-44-77(45-50-82)96-69-90(123(25,26)27)71-98(80-60-86(119(13,14)15)65-87(61-80)120(16,17)18)113(96)128-108-64-79(76-38-32-31-33-39-76)48-56-102(108)125-103-57-55-92(126-106-58-53-84(117(7,8)9)67-100(106)101-68-85(118(10,11)12)54-59-107(101)126)73-109(103)129(111-75-93(74-110(128)112(111)125)127-104-42-36-34-40-94(104)95-41-35-37-43-105(95)127)114-97(78-46-51-83(52-47-78)116(4,5)6)70-91(124(28,29)30)72-99(114)81-62-88(121(19,20)21)66-89(63-81)122(22,23)24/h31-75H,1-30H3/i31D,32D,33D,34D,35D,36D,37D,38D,39D,40D,41D,42D,43D,44D,45D,46D,47D,49D,50D,51D,52D,60D,61D,62D,63D,65D,66D,69D,70D,71D,72D. The monoisotopic (exact) mass is 1720 g/mol. The van der Waals surface area contributed by atoms with E-state index in [0.717, 1.165) is 21.9 Å². The SMILES string of the molecule is [2H]c1c([2H])c([2H])c(-c2ccc3c(c2)N(c2c(-c4c([2H])c([2H])c(C(C)(C)C)c([2H])c4[2H])c([2H])c(C(C)(C)C)c([2H])c2-c2c([2H])c(C(C)(C)C)c([2H])c(C(C)(C)C)c2[2H])c2cc(-n4c5c([2H])c([2H])c([2H])c([2H])c5c5c([2H])c([2H])c([2H])c([2H])c54)cc4c2B3c2ccc(-n3c5ccc(C(C)(C)C)cc5c5cc(C(C)(C)C)ccc53)cc2N4c2c(-c3c([2H])c([2H])c(C(C)(C)C)c([2H])c3[2H])c([2H])c(C(C)(C)C)c([2H])c2-c2c([2H])c(C(C)(C)C)c([2H])c(C(C)(C)C)c2[2H])c([2H])c1[2H]. The van der Waals surface area contributed by atoms with Crippen LogP contribution in [0.4, 0.5) is 34.1 Å². The second-order valence-electron chi connectivity index (χ2n) is 45.5. The lowest BCUT2D eigenvalue weighted by Crippen LogP contribution is -2.61. The van der Waals surface area contributed by atoms with E-state index in [0.29, 0.717) is 16.7 Å². The summed E-state index contributed by atoms with van der Waals surface area (Å²) in [5.74, 6) is 0. The van der Waals surface area contributed by atoms with Gasteiger partial charge in [0, 0.05) is 72.2 Å². The largest absolute Gasteiger partial charge is 0.310 e. The van der Waals surface area contributed by atoms with Gasteiger partial charge in [-0.15, -0.1) is 0 Å². The van der Waals surface area contributed by atoms with Crippen molar-refractivity contribution in [2.24, 2.45) is 0 Å². The molecule has 16 aromatic rings. The van der Waals surface area contributed by atoms with Gasteiger partial charge >= 0.3 is 0 Å². The van der Waals surface area contributed by atoms with Gasteiger partial charge < -0.3 is 18.9 Å². The van der Waals surface area contributed by atoms with E-state index < -0.39 is 308 Å². The second kappa shape index (κ2) is 30.5. The van der Waals surface area contributed by atoms with Gasteiger partial charge in [0.05, 0.1) is 81.6 Å². The average molecular weight is 1720 g/mol. The van der Waals surface area contributed by atoms with Crippen LogP contribution in [0.5, 0.6) is 0 Å². The third-order valence-electron chi connectivity index (χ3n) is 25.0. The van der Waals surface area contributed by atoms with E-state index >= 15 is 0 Å². The van der Waals surface area contributed by atoms with E-state index in [2.05, 4.69) is 58.2 Å². The number of hydrogen-bond acceptors (Lipinski definition) is 2. The van der Waals surface area contributed by atoms with Crippen molar-refractivity contribution >= 4 is 101 Å². The first kappa shape index (κ1) is 58.1. The molecular weight excluding hydrogens is 1560 g/mol. The number of anilines is 6. The summed E-state index contributed by atoms with van der Waals surface area (Å²) >= 11 is 0. The zero-order valence-corrected chi connectivity index (χ0v) is 80.4. The summed E-state index contributed by atoms with van der Waals surface area (Å²) in [5.41, 5.74) is -14.4. The third kappa shape index (κ3) is 15.8. The fraction of sp³-hybridized carbons (Fsp3) is 0.323. The number of benzene rings is 14. The van der Waals surface area contributed by atoms with Crippen LogP contribution in [0.2, 0.25) is 0 Å². The van der Waals surface area contributed by atoms with Gasteiger partial charge in [-0.25, -0.2) is 0 Å². The van der Waals surface area contributed by atoms with Crippen LogP contribution in [-0.2, 0) is 54.1 Å². The zero-order chi connectivity index (χ0) is 119. The van der Waals surface area contributed by atoms with Crippen LogP contribution in [0.15, 0.2) is 272 Å². The molecule has 2 aliphatic heterocycles. The number of fused-ring (bicyclic) bond motifs is 10. The minimum atomic E-state index is -1.51. The molecule has 0 saturated heterocycles. The summed E-state index contributed by atoms with van der Waals surface area (Å²) < 4.78 is 333. The van der Waals surface area contributed by atoms with E-state index in [1.807, 2.05) is 42.5 Å². The second-order valence-corrected chi connectivity index (χ2v) is 45.5. The van der Waals surface area contributed by atoms with Gasteiger partial charge in [-0.1, -0.05) is 389 Å². The zero-order valence-electron chi connectivity index (χ0n) is 111. The first-order valence-electron chi connectivity index (χ1n) is 60.4. The number of hydrogen-bond donors (Lipinski definition) is 0. The molecule has 14 aromatic carbocycles. The Kier molecular flexibility index (Phi) is 13.7. The lowest BCUT2D eigenvalue weighted by Gasteiger charge is -2.46. The molecule has 0 aliphatic carbocycles. The summed E-state index contributed by atoms with van der Waals surface area (Å²) in [6.45, 7) is 53.3. The topological polar surface area (TPSA) is 16.3 Å². The Morgan fingerprint density at radius 1 is 0.217 bits per heavy atom. The normalized spacial score (nSPS) is 17.1. The number of aromatic nitrogens is 2. The predicted octanol–water partition coefficient (Wildman–Crippen LogP) is 33.3. The Hall–Kier alpha value is -11.7. The van der Waals surface area contributed by atoms with Gasteiger partial charge in [-0.05, 0) is 250 Å². The maximum absolute atomic E-state index is 12.0. The molecule has 4 heterocycles. The first-order chi connectivity index (χ1) is 73.3. The minimum absolute atomic E-state index is 0.0122. The highest BCUT2D eigenvalue weighted by atomic mass is 15.2. The van der Waals surface area contributed by atoms with Crippen LogP contribution >= 0.6 is 0 Å². The third-order valence-corrected chi connectivity index (χ3v) is 25.0. The van der Waals surface area contributed by atoms with Crippen molar-refractivity contribution in [2.75, 3.05) is 9.80 Å². The van der Waals surface area contributed by atoms with Crippen LogP contribution < -0.4 is 26.2 Å². The van der Waals surface area contributed by atoms with Crippen molar-refractivity contribution in [1.29, 1.82) is 0 Å². The lowest BCUT2D eigenvalue weighted by atomic mass is 9.33. The molecule has 5 heteroatoms. The van der Waals surface area contributed by atoms with Crippen molar-refractivity contribution < 1.29 is 42.5 Å². The molecule has 654 valence electrons. The molecule has 0 unspecified atom stereocenters. The summed E-state index contributed by atoms with van der Waals surface area (Å²) in [6.07, 6.45) is 0. The van der Waals surface area contributed by atoms with E-state index in [1.54, 1.807) is 177 Å². The summed E-state index contributed by atoms with van der Waals surface area (Å²) in [6, 6.07) is 5.34. The van der Waals surface area contributed by atoms with E-state index in [-0.39, 0.29) is 118 Å². The van der Waals surface area contributed by atoms with Crippen LogP contribution in [0, 0.1) is 0 Å². The summed E-state index contributed by atoms with van der Waals surface area (Å²) in [5, 5.41) is 0.723. The molecule has 0 N–H and O–H groups in total. The highest BCUT2D eigenvalue weighted by Gasteiger charge is 2.47. The molecule has 0 atom stereocenters. The average Bonchev–Trinajstić information content (AvgIpc) is 0.701. The maximum Gasteiger partial charge on any atom is 0.252 e. The Morgan fingerprint density at radius 2 is 0.535 bits per heavy atom. The lowest BCUT2D eigenvalue weighted by molar-refractivity contribution is 0.568. The van der Waals surface area contributed by atoms with E-state index in [4.69, 9.17) is 1.37 Å². The van der Waals surface area contributed by atoms with Crippen molar-refractivity contribution in [1.82, 2.24) is 9.13 Å². The molecule has 0 bridgehead atoms. The van der Waals surface area contributed by atoms with Gasteiger partial charge in [-0.3, -0.25) is 0 Å². The molecule has 2 aromatic heterocycles. The molecule has 2 aliphatic rings. The molecule has 0 fully saturated rings. The van der Waals surface area contributed by atoms with Crippen molar-refractivity contribution in [3.63, 3.8) is 0 Å².